The van der Waals surface area contributed by atoms with E-state index in [4.69, 9.17) is 4.74 Å². The number of anilines is 1. The maximum absolute atomic E-state index is 15.2. The minimum absolute atomic E-state index is 0.0324. The van der Waals surface area contributed by atoms with Crippen LogP contribution in [0, 0.1) is 5.82 Å². The molecule has 5 rings (SSSR count). The van der Waals surface area contributed by atoms with Crippen molar-refractivity contribution in [1.29, 1.82) is 0 Å². The second kappa shape index (κ2) is 8.42. The Bertz CT molecular complexity index is 1350. The largest absolute Gasteiger partial charge is 0.479 e. The summed E-state index contributed by atoms with van der Waals surface area (Å²) in [7, 11) is 3.01. The molecule has 0 aliphatic carbocycles. The van der Waals surface area contributed by atoms with Crippen LogP contribution in [-0.4, -0.2) is 74.9 Å². The lowest BCUT2D eigenvalue weighted by Gasteiger charge is -2.36. The number of fused-ring (bicyclic) bond motifs is 2. The SMILES string of the molecule is COc1nc(NC2CCN(C)CC2(F)F)nn2cc(F)c(-c3ccc4ncn(CCF)c4c3)c12. The number of imidazole rings is 1. The number of nitrogens with zero attached hydrogens (tertiary/aromatic N) is 6. The van der Waals surface area contributed by atoms with Crippen molar-refractivity contribution in [2.45, 2.75) is 24.9 Å². The lowest BCUT2D eigenvalue weighted by molar-refractivity contribution is -0.0675. The Morgan fingerprint density at radius 1 is 1.29 bits per heavy atom. The summed E-state index contributed by atoms with van der Waals surface area (Å²) in [4.78, 5) is 10.1. The summed E-state index contributed by atoms with van der Waals surface area (Å²) in [6.07, 6.45) is 2.88. The zero-order valence-corrected chi connectivity index (χ0v) is 18.6. The third-order valence-corrected chi connectivity index (χ3v) is 6.07. The van der Waals surface area contributed by atoms with Crippen molar-refractivity contribution in [3.05, 3.63) is 36.5 Å². The molecule has 12 heteroatoms. The topological polar surface area (TPSA) is 72.5 Å². The summed E-state index contributed by atoms with van der Waals surface area (Å²) < 4.78 is 65.3. The number of methoxy groups -OCH3 is 1. The molecule has 8 nitrogen and oxygen atoms in total. The van der Waals surface area contributed by atoms with Gasteiger partial charge in [-0.1, -0.05) is 6.07 Å². The van der Waals surface area contributed by atoms with Gasteiger partial charge in [-0.05, 0) is 31.2 Å². The number of rotatable bonds is 6. The van der Waals surface area contributed by atoms with E-state index in [1.54, 1.807) is 34.7 Å². The quantitative estimate of drug-likeness (QED) is 0.428. The number of aryl methyl sites for hydroxylation is 1. The number of hydrogen-bond acceptors (Lipinski definition) is 6. The molecule has 0 bridgehead atoms. The van der Waals surface area contributed by atoms with Gasteiger partial charge in [-0.2, -0.15) is 4.98 Å². The Morgan fingerprint density at radius 3 is 2.85 bits per heavy atom. The summed E-state index contributed by atoms with van der Waals surface area (Å²) in [5, 5.41) is 6.93. The van der Waals surface area contributed by atoms with Crippen molar-refractivity contribution in [2.24, 2.45) is 0 Å². The highest BCUT2D eigenvalue weighted by Gasteiger charge is 2.44. The monoisotopic (exact) mass is 477 g/mol. The summed E-state index contributed by atoms with van der Waals surface area (Å²) in [6, 6.07) is 3.96. The van der Waals surface area contributed by atoms with Crippen LogP contribution < -0.4 is 10.1 Å². The van der Waals surface area contributed by atoms with Crippen molar-refractivity contribution in [3.8, 4) is 17.0 Å². The summed E-state index contributed by atoms with van der Waals surface area (Å²) >= 11 is 0. The van der Waals surface area contributed by atoms with Gasteiger partial charge in [0.1, 0.15) is 12.2 Å². The van der Waals surface area contributed by atoms with Gasteiger partial charge in [-0.15, -0.1) is 5.10 Å². The fourth-order valence-electron chi connectivity index (χ4n) is 4.42. The molecule has 4 heterocycles. The molecule has 0 saturated carbocycles. The molecular weight excluding hydrogens is 454 g/mol. The smallest absolute Gasteiger partial charge is 0.280 e. The average molecular weight is 477 g/mol. The number of likely N-dealkylation sites (tertiary alicyclic amines) is 1. The molecular formula is C22H23F4N7O. The highest BCUT2D eigenvalue weighted by molar-refractivity contribution is 5.90. The number of nitrogens with one attached hydrogen (secondary N) is 1. The fraction of sp³-hybridized carbons (Fsp3) is 0.409. The molecule has 1 aromatic carbocycles. The Morgan fingerprint density at radius 2 is 2.12 bits per heavy atom. The normalized spacial score (nSPS) is 18.6. The molecule has 1 N–H and O–H groups in total. The first-order valence-corrected chi connectivity index (χ1v) is 10.8. The van der Waals surface area contributed by atoms with Gasteiger partial charge in [0.2, 0.25) is 11.8 Å². The molecule has 1 saturated heterocycles. The fourth-order valence-corrected chi connectivity index (χ4v) is 4.42. The van der Waals surface area contributed by atoms with Crippen molar-refractivity contribution in [2.75, 3.05) is 39.2 Å². The van der Waals surface area contributed by atoms with E-state index in [0.717, 1.165) is 6.20 Å². The summed E-state index contributed by atoms with van der Waals surface area (Å²) in [6.45, 7) is -0.320. The van der Waals surface area contributed by atoms with Crippen LogP contribution in [0.3, 0.4) is 0 Å². The maximum atomic E-state index is 15.2. The molecule has 0 spiro atoms. The van der Waals surface area contributed by atoms with Crippen LogP contribution in [0.25, 0.3) is 27.7 Å². The molecule has 1 unspecified atom stereocenters. The van der Waals surface area contributed by atoms with Gasteiger partial charge in [0.25, 0.3) is 5.92 Å². The second-order valence-electron chi connectivity index (χ2n) is 8.40. The van der Waals surface area contributed by atoms with Crippen LogP contribution in [0.1, 0.15) is 6.42 Å². The van der Waals surface area contributed by atoms with E-state index in [-0.39, 0.29) is 42.4 Å². The lowest BCUT2D eigenvalue weighted by atomic mass is 10.0. The maximum Gasteiger partial charge on any atom is 0.280 e. The van der Waals surface area contributed by atoms with Crippen LogP contribution in [0.4, 0.5) is 23.5 Å². The van der Waals surface area contributed by atoms with Crippen LogP contribution >= 0.6 is 0 Å². The van der Waals surface area contributed by atoms with Crippen molar-refractivity contribution < 1.29 is 22.3 Å². The molecule has 4 aromatic rings. The first-order chi connectivity index (χ1) is 16.3. The Labute approximate surface area is 192 Å². The Kier molecular flexibility index (Phi) is 5.54. The number of alkyl halides is 3. The molecule has 1 fully saturated rings. The number of piperidine rings is 1. The van der Waals surface area contributed by atoms with Gasteiger partial charge in [-0.3, -0.25) is 0 Å². The molecule has 3 aromatic heterocycles. The van der Waals surface area contributed by atoms with Crippen LogP contribution in [0.2, 0.25) is 0 Å². The van der Waals surface area contributed by atoms with E-state index >= 15 is 4.39 Å². The Balaban J connectivity index is 1.57. The predicted molar refractivity (Wildman–Crippen MR) is 119 cm³/mol. The average Bonchev–Trinajstić information content (AvgIpc) is 3.34. The van der Waals surface area contributed by atoms with Crippen LogP contribution in [-0.2, 0) is 6.54 Å². The highest BCUT2D eigenvalue weighted by atomic mass is 19.3. The van der Waals surface area contributed by atoms with E-state index in [9.17, 15) is 13.2 Å². The second-order valence-corrected chi connectivity index (χ2v) is 8.40. The minimum Gasteiger partial charge on any atom is -0.479 e. The summed E-state index contributed by atoms with van der Waals surface area (Å²) in [5.74, 6) is -3.63. The van der Waals surface area contributed by atoms with Gasteiger partial charge in [-0.25, -0.2) is 27.1 Å². The van der Waals surface area contributed by atoms with Crippen molar-refractivity contribution in [3.63, 3.8) is 0 Å². The van der Waals surface area contributed by atoms with Crippen LogP contribution in [0.15, 0.2) is 30.7 Å². The molecule has 1 aliphatic rings. The number of ether oxygens (including phenoxy) is 1. The van der Waals surface area contributed by atoms with Crippen molar-refractivity contribution >= 4 is 22.5 Å². The van der Waals surface area contributed by atoms with E-state index in [2.05, 4.69) is 20.4 Å². The standard InChI is InChI=1S/C22H23F4N7O/c1-31-7-5-17(22(25,26)11-31)28-21-29-20(34-2)19-18(14(24)10-33(19)30-21)13-3-4-15-16(9-13)32(8-6-23)12-27-15/h3-4,9-10,12,17H,5-8,11H2,1-2H3,(H,28,30). The van der Waals surface area contributed by atoms with E-state index in [0.29, 0.717) is 23.1 Å². The number of aromatic nitrogens is 5. The van der Waals surface area contributed by atoms with Gasteiger partial charge < -0.3 is 19.5 Å². The zero-order valence-electron chi connectivity index (χ0n) is 18.6. The number of halogens is 4. The van der Waals surface area contributed by atoms with E-state index in [1.807, 2.05) is 0 Å². The van der Waals surface area contributed by atoms with E-state index < -0.39 is 24.5 Å². The first-order valence-electron chi connectivity index (χ1n) is 10.8. The Hall–Kier alpha value is -3.41. The van der Waals surface area contributed by atoms with Crippen LogP contribution in [0.5, 0.6) is 5.88 Å². The lowest BCUT2D eigenvalue weighted by Crippen LogP contribution is -2.53. The molecule has 0 amide bonds. The third kappa shape index (κ3) is 3.81. The molecule has 1 atom stereocenters. The zero-order chi connectivity index (χ0) is 24.0. The predicted octanol–water partition coefficient (Wildman–Crippen LogP) is 3.61. The van der Waals surface area contributed by atoms with Gasteiger partial charge in [0.05, 0.1) is 55.4 Å². The summed E-state index contributed by atoms with van der Waals surface area (Å²) in [5.41, 5.74) is 2.23. The van der Waals surface area contributed by atoms with Gasteiger partial charge in [0.15, 0.2) is 5.82 Å². The first kappa shape index (κ1) is 22.4. The number of hydrogen-bond donors (Lipinski definition) is 1. The molecule has 34 heavy (non-hydrogen) atoms. The molecule has 180 valence electrons. The van der Waals surface area contributed by atoms with Gasteiger partial charge in [0, 0.05) is 6.54 Å². The molecule has 1 aliphatic heterocycles. The minimum atomic E-state index is -2.98. The third-order valence-electron chi connectivity index (χ3n) is 6.07. The van der Waals surface area contributed by atoms with Gasteiger partial charge >= 0.3 is 0 Å². The molecule has 0 radical (unpaired) electrons. The highest BCUT2D eigenvalue weighted by Crippen LogP contribution is 2.36. The number of benzene rings is 1. The van der Waals surface area contributed by atoms with Crippen molar-refractivity contribution in [1.82, 2.24) is 29.0 Å². The van der Waals surface area contributed by atoms with E-state index in [1.165, 1.54) is 18.0 Å².